The zero-order valence-corrected chi connectivity index (χ0v) is 23.1. The molecule has 216 valence electrons. The van der Waals surface area contributed by atoms with Gasteiger partial charge in [-0.3, -0.25) is 19.0 Å². The molecule has 3 aromatic rings. The van der Waals surface area contributed by atoms with E-state index >= 15 is 0 Å². The molecule has 14 heteroatoms. The number of alkyl halides is 3. The average Bonchev–Trinajstić information content (AvgIpc) is 3.25. The highest BCUT2D eigenvalue weighted by atomic mass is 32.1. The van der Waals surface area contributed by atoms with Crippen molar-refractivity contribution < 1.29 is 27.2 Å². The van der Waals surface area contributed by atoms with Crippen molar-refractivity contribution in [1.82, 2.24) is 9.88 Å². The van der Waals surface area contributed by atoms with Crippen LogP contribution in [0.4, 0.5) is 34.6 Å². The Labute approximate surface area is 236 Å². The number of thiazole rings is 1. The summed E-state index contributed by atoms with van der Waals surface area (Å²) in [5.41, 5.74) is 0.127. The van der Waals surface area contributed by atoms with Crippen LogP contribution in [0.1, 0.15) is 6.92 Å². The van der Waals surface area contributed by atoms with E-state index in [1.807, 2.05) is 0 Å². The van der Waals surface area contributed by atoms with E-state index in [1.54, 1.807) is 74.9 Å². The van der Waals surface area contributed by atoms with Gasteiger partial charge in [-0.15, -0.1) is 11.3 Å². The zero-order chi connectivity index (χ0) is 30.3. The van der Waals surface area contributed by atoms with Crippen molar-refractivity contribution in [1.29, 1.82) is 5.26 Å². The first-order valence-electron chi connectivity index (χ1n) is 12.1. The first-order valence-corrected chi connectivity index (χ1v) is 13.0. The maximum Gasteiger partial charge on any atom is 0.405 e. The number of aromatic nitrogens is 1. The molecule has 2 N–H and O–H groups in total. The number of nitrogens with one attached hydrogen (secondary N) is 2. The lowest BCUT2D eigenvalue weighted by molar-refractivity contribution is -0.135. The van der Waals surface area contributed by atoms with E-state index in [2.05, 4.69) is 5.32 Å². The molecule has 0 aliphatic rings. The largest absolute Gasteiger partial charge is 0.405 e. The Kier molecular flexibility index (Phi) is 9.90. The Morgan fingerprint density at radius 2 is 1.85 bits per heavy atom. The zero-order valence-electron chi connectivity index (χ0n) is 22.3. The molecule has 1 heterocycles. The molecule has 0 bridgehead atoms. The monoisotopic (exact) mass is 590 g/mol. The van der Waals surface area contributed by atoms with Crippen LogP contribution in [0.3, 0.4) is 0 Å². The van der Waals surface area contributed by atoms with Gasteiger partial charge in [-0.1, -0.05) is 18.2 Å². The lowest BCUT2D eigenvalue weighted by Crippen LogP contribution is -2.37. The summed E-state index contributed by atoms with van der Waals surface area (Å²) >= 11 is 0.776. The van der Waals surface area contributed by atoms with Crippen molar-refractivity contribution >= 4 is 52.0 Å². The number of carbonyl (C=O) groups is 2. The maximum atomic E-state index is 14.1. The fraction of sp³-hybridized carbons (Fsp3) is 0.259. The van der Waals surface area contributed by atoms with Gasteiger partial charge in [-0.05, 0) is 37.3 Å². The van der Waals surface area contributed by atoms with Crippen LogP contribution in [0.2, 0.25) is 0 Å². The second kappa shape index (κ2) is 13.1. The van der Waals surface area contributed by atoms with Crippen LogP contribution in [-0.4, -0.2) is 49.7 Å². The minimum absolute atomic E-state index is 0.0694. The van der Waals surface area contributed by atoms with Crippen LogP contribution in [0.15, 0.2) is 53.3 Å². The van der Waals surface area contributed by atoms with E-state index in [4.69, 9.17) is 0 Å². The highest BCUT2D eigenvalue weighted by Gasteiger charge is 2.29. The fourth-order valence-corrected chi connectivity index (χ4v) is 4.80. The highest BCUT2D eigenvalue weighted by molar-refractivity contribution is 7.07. The molecule has 2 aromatic carbocycles. The number of rotatable bonds is 9. The summed E-state index contributed by atoms with van der Waals surface area (Å²) in [5, 5.41) is 14.0. The minimum Gasteiger partial charge on any atom is -0.363 e. The van der Waals surface area contributed by atoms with E-state index < -0.39 is 35.6 Å². The van der Waals surface area contributed by atoms with Gasteiger partial charge in [0.25, 0.3) is 11.5 Å². The standard InChI is InChI=1S/C27H26F4N6O3S/c1-4-37-25(40)22(41-26(37)19(13-32)24(39)34-16-27(29,30)31)14-33-17-8-7-9-18(12-17)36(3)23(38)15-35(2)21-11-6-5-10-20(21)28/h5-12,14,33H,4,15-16H2,1-3H3,(H,34,39)/b22-14+,26-19-. The summed E-state index contributed by atoms with van der Waals surface area (Å²) in [6.45, 7) is -0.0483. The SMILES string of the molecule is CCn1c(=O)/c(=C\Nc2cccc(N(C)C(=O)CN(C)c3ccccc3F)c2)s/c1=C(/C#N)C(=O)NCC(F)(F)F. The van der Waals surface area contributed by atoms with Crippen molar-refractivity contribution in [2.24, 2.45) is 0 Å². The van der Waals surface area contributed by atoms with Crippen molar-refractivity contribution in [2.75, 3.05) is 42.3 Å². The van der Waals surface area contributed by atoms with Gasteiger partial charge in [0.05, 0.1) is 12.2 Å². The number of hydrogen-bond donors (Lipinski definition) is 2. The van der Waals surface area contributed by atoms with Gasteiger partial charge in [-0.25, -0.2) is 4.39 Å². The first kappa shape index (κ1) is 30.9. The lowest BCUT2D eigenvalue weighted by Gasteiger charge is -2.24. The van der Waals surface area contributed by atoms with Gasteiger partial charge in [0.15, 0.2) is 5.57 Å². The number of hydrogen-bond acceptors (Lipinski definition) is 7. The average molecular weight is 591 g/mol. The summed E-state index contributed by atoms with van der Waals surface area (Å²) in [4.78, 5) is 40.9. The quantitative estimate of drug-likeness (QED) is 0.371. The molecule has 41 heavy (non-hydrogen) atoms. The molecule has 1 aromatic heterocycles. The number of carbonyl (C=O) groups excluding carboxylic acids is 2. The Morgan fingerprint density at radius 1 is 1.15 bits per heavy atom. The highest BCUT2D eigenvalue weighted by Crippen LogP contribution is 2.21. The number of anilines is 3. The molecule has 0 aliphatic carbocycles. The van der Waals surface area contributed by atoms with Gasteiger partial charge in [-0.2, -0.15) is 18.4 Å². The van der Waals surface area contributed by atoms with Crippen LogP contribution >= 0.6 is 11.3 Å². The molecule has 2 amide bonds. The molecule has 9 nitrogen and oxygen atoms in total. The van der Waals surface area contributed by atoms with Crippen LogP contribution < -0.4 is 35.2 Å². The first-order chi connectivity index (χ1) is 19.4. The normalized spacial score (nSPS) is 12.4. The Morgan fingerprint density at radius 3 is 2.49 bits per heavy atom. The number of benzene rings is 2. The molecule has 0 atom stereocenters. The van der Waals surface area contributed by atoms with Gasteiger partial charge in [0, 0.05) is 38.2 Å². The molecule has 0 unspecified atom stereocenters. The van der Waals surface area contributed by atoms with Gasteiger partial charge < -0.3 is 20.4 Å². The van der Waals surface area contributed by atoms with E-state index in [0.29, 0.717) is 11.4 Å². The Bertz CT molecular complexity index is 1660. The number of amides is 2. The molecule has 3 rings (SSSR count). The van der Waals surface area contributed by atoms with Crippen molar-refractivity contribution in [3.63, 3.8) is 0 Å². The van der Waals surface area contributed by atoms with E-state index in [0.717, 1.165) is 15.9 Å². The minimum atomic E-state index is -4.66. The summed E-state index contributed by atoms with van der Waals surface area (Å²) in [6, 6.07) is 14.4. The van der Waals surface area contributed by atoms with Gasteiger partial charge >= 0.3 is 6.18 Å². The third-order valence-electron chi connectivity index (χ3n) is 5.84. The lowest BCUT2D eigenvalue weighted by atomic mass is 10.2. The van der Waals surface area contributed by atoms with Crippen LogP contribution in [0, 0.1) is 17.1 Å². The summed E-state index contributed by atoms with van der Waals surface area (Å²) in [5.74, 6) is -2.00. The summed E-state index contributed by atoms with van der Waals surface area (Å²) in [6.07, 6.45) is -3.32. The molecular weight excluding hydrogens is 564 g/mol. The number of para-hydroxylation sites is 1. The summed E-state index contributed by atoms with van der Waals surface area (Å²) < 4.78 is 52.8. The molecule has 0 aliphatic heterocycles. The molecule has 0 saturated carbocycles. The number of likely N-dealkylation sites (N-methyl/N-ethyl adjacent to an activating group) is 2. The second-order valence-electron chi connectivity index (χ2n) is 8.70. The maximum absolute atomic E-state index is 14.1. The Balaban J connectivity index is 1.84. The third-order valence-corrected chi connectivity index (χ3v) is 6.97. The fourth-order valence-electron chi connectivity index (χ4n) is 3.71. The smallest absolute Gasteiger partial charge is 0.363 e. The Hall–Kier alpha value is -4.64. The predicted molar refractivity (Wildman–Crippen MR) is 149 cm³/mol. The van der Waals surface area contributed by atoms with Crippen molar-refractivity contribution in [3.05, 3.63) is 73.9 Å². The number of halogens is 4. The van der Waals surface area contributed by atoms with Crippen LogP contribution in [-0.2, 0) is 16.1 Å². The third kappa shape index (κ3) is 7.73. The second-order valence-corrected chi connectivity index (χ2v) is 9.74. The topological polar surface area (TPSA) is 110 Å². The predicted octanol–water partition coefficient (Wildman–Crippen LogP) is 2.37. The molecule has 0 radical (unpaired) electrons. The van der Waals surface area contributed by atoms with Crippen LogP contribution in [0.5, 0.6) is 0 Å². The van der Waals surface area contributed by atoms with Crippen LogP contribution in [0.25, 0.3) is 11.8 Å². The van der Waals surface area contributed by atoms with Gasteiger partial charge in [0.1, 0.15) is 27.6 Å². The van der Waals surface area contributed by atoms with E-state index in [-0.39, 0.29) is 33.9 Å². The van der Waals surface area contributed by atoms with E-state index in [9.17, 15) is 37.2 Å². The van der Waals surface area contributed by atoms with E-state index in [1.165, 1.54) is 22.1 Å². The van der Waals surface area contributed by atoms with Crippen molar-refractivity contribution in [3.8, 4) is 6.07 Å². The molecular formula is C27H26F4N6O3S. The van der Waals surface area contributed by atoms with Gasteiger partial charge in [0.2, 0.25) is 5.91 Å². The summed E-state index contributed by atoms with van der Waals surface area (Å²) in [7, 11) is 3.17. The number of nitrogens with zero attached hydrogens (tertiary/aromatic N) is 4. The molecule has 0 spiro atoms. The number of nitriles is 1. The van der Waals surface area contributed by atoms with Crippen molar-refractivity contribution in [2.45, 2.75) is 19.6 Å². The molecule has 0 saturated heterocycles. The molecule has 0 fully saturated rings.